The van der Waals surface area contributed by atoms with Crippen molar-refractivity contribution in [2.24, 2.45) is 0 Å². The van der Waals surface area contributed by atoms with Crippen molar-refractivity contribution in [3.63, 3.8) is 0 Å². The lowest BCUT2D eigenvalue weighted by atomic mass is 10.1. The Hall–Kier alpha value is -2.60. The number of pyridine rings is 1. The van der Waals surface area contributed by atoms with Gasteiger partial charge in [0.2, 0.25) is 0 Å². The molecule has 0 spiro atoms. The molecule has 0 aliphatic carbocycles. The third-order valence-corrected chi connectivity index (χ3v) is 3.11. The Morgan fingerprint density at radius 1 is 1.35 bits per heavy atom. The van der Waals surface area contributed by atoms with Crippen molar-refractivity contribution < 1.29 is 9.90 Å². The Morgan fingerprint density at radius 3 is 2.85 bits per heavy atom. The van der Waals surface area contributed by atoms with Crippen LogP contribution in [0.3, 0.4) is 0 Å². The zero-order chi connectivity index (χ0) is 14.3. The maximum absolute atomic E-state index is 11.3. The topological polar surface area (TPSA) is 91.3 Å². The fourth-order valence-electron chi connectivity index (χ4n) is 2.05. The number of amides is 1. The lowest BCUT2D eigenvalue weighted by Gasteiger charge is -2.08. The second-order valence-electron chi connectivity index (χ2n) is 4.13. The van der Waals surface area contributed by atoms with E-state index in [1.54, 1.807) is 24.3 Å². The number of benzene rings is 1. The summed E-state index contributed by atoms with van der Waals surface area (Å²) in [5.41, 5.74) is 8.65. The van der Waals surface area contributed by atoms with Gasteiger partial charge < -0.3 is 5.11 Å². The van der Waals surface area contributed by atoms with Crippen molar-refractivity contribution >= 4 is 23.2 Å². The van der Waals surface area contributed by atoms with Gasteiger partial charge >= 0.3 is 0 Å². The molecule has 0 bridgehead atoms. The zero-order valence-electron chi connectivity index (χ0n) is 10.0. The summed E-state index contributed by atoms with van der Waals surface area (Å²) in [6.45, 7) is 0. The normalized spacial score (nSPS) is 10.8. The average molecular weight is 288 g/mol. The lowest BCUT2D eigenvalue weighted by molar-refractivity contribution is 0.0982. The molecule has 2 heterocycles. The Bertz CT molecular complexity index is 828. The van der Waals surface area contributed by atoms with Gasteiger partial charge in [-0.3, -0.25) is 10.5 Å². The maximum Gasteiger partial charge on any atom is 0.292 e. The molecule has 99 valence electrons. The number of fused-ring (bicyclic) bond motifs is 1. The molecule has 3 rings (SSSR count). The number of carbonyl (C=O) groups excluding carboxylic acids is 1. The highest BCUT2D eigenvalue weighted by Gasteiger charge is 2.19. The van der Waals surface area contributed by atoms with Gasteiger partial charge in [-0.15, -0.1) is 0 Å². The number of rotatable bonds is 2. The van der Waals surface area contributed by atoms with Crippen LogP contribution in [-0.4, -0.2) is 25.6 Å². The molecule has 1 aromatic carbocycles. The van der Waals surface area contributed by atoms with Crippen LogP contribution in [0.4, 0.5) is 0 Å². The molecule has 0 saturated heterocycles. The van der Waals surface area contributed by atoms with E-state index in [1.165, 1.54) is 12.4 Å². The molecule has 3 aromatic rings. The SMILES string of the molecule is [NH]C(=O)c1c(O)cc(-c2cccc(Cl)c2)c2ncnn12. The summed E-state index contributed by atoms with van der Waals surface area (Å²) in [4.78, 5) is 15.3. The van der Waals surface area contributed by atoms with E-state index in [2.05, 4.69) is 10.1 Å². The maximum atomic E-state index is 11.3. The second kappa shape index (κ2) is 4.50. The molecule has 0 aliphatic rings. The Morgan fingerprint density at radius 2 is 2.15 bits per heavy atom. The largest absolute Gasteiger partial charge is 0.505 e. The van der Waals surface area contributed by atoms with Crippen LogP contribution in [0.1, 0.15) is 10.5 Å². The van der Waals surface area contributed by atoms with Gasteiger partial charge in [-0.2, -0.15) is 5.10 Å². The molecule has 0 saturated carbocycles. The van der Waals surface area contributed by atoms with Crippen LogP contribution in [-0.2, 0) is 0 Å². The predicted octanol–water partition coefficient (Wildman–Crippen LogP) is 2.18. The van der Waals surface area contributed by atoms with Crippen molar-refractivity contribution in [2.75, 3.05) is 0 Å². The number of nitrogens with one attached hydrogen (secondary N) is 1. The van der Waals surface area contributed by atoms with Gasteiger partial charge in [-0.1, -0.05) is 23.7 Å². The highest BCUT2D eigenvalue weighted by molar-refractivity contribution is 6.30. The number of carbonyl (C=O) groups is 1. The third-order valence-electron chi connectivity index (χ3n) is 2.87. The smallest absolute Gasteiger partial charge is 0.292 e. The van der Waals surface area contributed by atoms with Crippen LogP contribution < -0.4 is 5.73 Å². The monoisotopic (exact) mass is 287 g/mol. The van der Waals surface area contributed by atoms with Gasteiger partial charge in [-0.05, 0) is 23.8 Å². The van der Waals surface area contributed by atoms with Crippen molar-refractivity contribution in [3.8, 4) is 16.9 Å². The van der Waals surface area contributed by atoms with E-state index in [4.69, 9.17) is 17.3 Å². The minimum absolute atomic E-state index is 0.219. The Kier molecular flexibility index (Phi) is 2.80. The average Bonchev–Trinajstić information content (AvgIpc) is 2.85. The van der Waals surface area contributed by atoms with Crippen molar-refractivity contribution in [1.82, 2.24) is 20.3 Å². The molecule has 0 atom stereocenters. The second-order valence-corrected chi connectivity index (χ2v) is 4.56. The fraction of sp³-hybridized carbons (Fsp3) is 0. The highest BCUT2D eigenvalue weighted by Crippen LogP contribution is 2.31. The summed E-state index contributed by atoms with van der Waals surface area (Å²) in [6, 6.07) is 8.40. The van der Waals surface area contributed by atoms with Gasteiger partial charge in [0.1, 0.15) is 12.1 Å². The molecular weight excluding hydrogens is 280 g/mol. The first-order valence-electron chi connectivity index (χ1n) is 5.65. The summed E-state index contributed by atoms with van der Waals surface area (Å²) in [5.74, 6) is -1.35. The molecule has 2 N–H and O–H groups in total. The molecule has 0 unspecified atom stereocenters. The van der Waals surface area contributed by atoms with Crippen molar-refractivity contribution in [1.29, 1.82) is 0 Å². The summed E-state index contributed by atoms with van der Waals surface area (Å²) >= 11 is 5.95. The number of hydrogen-bond donors (Lipinski definition) is 1. The van der Waals surface area contributed by atoms with Gasteiger partial charge in [0.25, 0.3) is 5.91 Å². The van der Waals surface area contributed by atoms with E-state index >= 15 is 0 Å². The minimum Gasteiger partial charge on any atom is -0.505 e. The molecule has 6 nitrogen and oxygen atoms in total. The Balaban J connectivity index is 2.36. The van der Waals surface area contributed by atoms with Crippen molar-refractivity contribution in [2.45, 2.75) is 0 Å². The van der Waals surface area contributed by atoms with E-state index in [0.29, 0.717) is 16.2 Å². The molecular formula is C13H8ClN4O2. The van der Waals surface area contributed by atoms with E-state index in [0.717, 1.165) is 10.1 Å². The number of nitrogens with zero attached hydrogens (tertiary/aromatic N) is 3. The van der Waals surface area contributed by atoms with Gasteiger partial charge in [-0.25, -0.2) is 9.50 Å². The summed E-state index contributed by atoms with van der Waals surface area (Å²) in [7, 11) is 0. The third kappa shape index (κ3) is 1.86. The molecule has 1 radical (unpaired) electrons. The van der Waals surface area contributed by atoms with E-state index in [-0.39, 0.29) is 11.4 Å². The van der Waals surface area contributed by atoms with Gasteiger partial charge in [0, 0.05) is 10.6 Å². The van der Waals surface area contributed by atoms with Crippen LogP contribution in [0.15, 0.2) is 36.7 Å². The first-order chi connectivity index (χ1) is 9.58. The summed E-state index contributed by atoms with van der Waals surface area (Å²) in [6.07, 6.45) is 1.26. The van der Waals surface area contributed by atoms with E-state index < -0.39 is 5.91 Å². The first-order valence-corrected chi connectivity index (χ1v) is 6.03. The van der Waals surface area contributed by atoms with Gasteiger partial charge in [0.05, 0.1) is 0 Å². The molecule has 1 amide bonds. The Labute approximate surface area is 118 Å². The number of aromatic hydroxyl groups is 1. The number of aromatic nitrogens is 3. The van der Waals surface area contributed by atoms with E-state index in [9.17, 15) is 9.90 Å². The molecule has 20 heavy (non-hydrogen) atoms. The number of hydrogen-bond acceptors (Lipinski definition) is 4. The predicted molar refractivity (Wildman–Crippen MR) is 72.5 cm³/mol. The zero-order valence-corrected chi connectivity index (χ0v) is 10.8. The lowest BCUT2D eigenvalue weighted by Crippen LogP contribution is -2.09. The minimum atomic E-state index is -1.03. The molecule has 0 aliphatic heterocycles. The van der Waals surface area contributed by atoms with Crippen molar-refractivity contribution in [3.05, 3.63) is 47.4 Å². The van der Waals surface area contributed by atoms with Crippen LogP contribution in [0, 0.1) is 0 Å². The van der Waals surface area contributed by atoms with Crippen LogP contribution in [0.25, 0.3) is 16.8 Å². The first kappa shape index (κ1) is 12.4. The van der Waals surface area contributed by atoms with Crippen LogP contribution >= 0.6 is 11.6 Å². The summed E-state index contributed by atoms with van der Waals surface area (Å²) in [5, 5.41) is 14.4. The molecule has 2 aromatic heterocycles. The number of halogens is 1. The van der Waals surface area contributed by atoms with Crippen LogP contribution in [0.2, 0.25) is 5.02 Å². The standard InChI is InChI=1S/C13H8ClN4O2/c14-8-3-1-2-7(4-8)9-5-10(19)11(12(15)20)18-13(9)16-6-17-18/h1-6,15,19H. The summed E-state index contributed by atoms with van der Waals surface area (Å²) < 4.78 is 1.15. The fourth-order valence-corrected chi connectivity index (χ4v) is 2.24. The van der Waals surface area contributed by atoms with E-state index in [1.807, 2.05) is 0 Å². The van der Waals surface area contributed by atoms with Crippen LogP contribution in [0.5, 0.6) is 5.75 Å². The molecule has 7 heteroatoms. The molecule has 0 fully saturated rings. The highest BCUT2D eigenvalue weighted by atomic mass is 35.5. The quantitative estimate of drug-likeness (QED) is 0.782. The van der Waals surface area contributed by atoms with Gasteiger partial charge in [0.15, 0.2) is 11.3 Å².